The van der Waals surface area contributed by atoms with Crippen LogP contribution in [0.4, 0.5) is 5.69 Å². The average molecular weight is 407 g/mol. The van der Waals surface area contributed by atoms with Crippen LogP contribution in [0.15, 0.2) is 48.8 Å². The van der Waals surface area contributed by atoms with Crippen molar-refractivity contribution < 1.29 is 14.3 Å². The molecule has 29 heavy (non-hydrogen) atoms. The Bertz CT molecular complexity index is 1040. The molecule has 1 fully saturated rings. The van der Waals surface area contributed by atoms with E-state index in [1.165, 1.54) is 11.3 Å². The van der Waals surface area contributed by atoms with Crippen LogP contribution in [0.25, 0.3) is 10.6 Å². The number of esters is 1. The van der Waals surface area contributed by atoms with Crippen molar-refractivity contribution in [3.05, 3.63) is 64.9 Å². The molecule has 0 radical (unpaired) electrons. The van der Waals surface area contributed by atoms with Gasteiger partial charge in [0, 0.05) is 23.6 Å². The van der Waals surface area contributed by atoms with Gasteiger partial charge in [0.2, 0.25) is 0 Å². The molecule has 7 heteroatoms. The van der Waals surface area contributed by atoms with E-state index in [9.17, 15) is 9.59 Å². The number of anilines is 1. The van der Waals surface area contributed by atoms with Gasteiger partial charge < -0.3 is 10.1 Å². The zero-order valence-corrected chi connectivity index (χ0v) is 17.1. The van der Waals surface area contributed by atoms with E-state index in [0.29, 0.717) is 22.9 Å². The number of benzene rings is 1. The molecular formula is C22H21N3O3S. The molecule has 1 N–H and O–H groups in total. The smallest absolute Gasteiger partial charge is 0.316 e. The van der Waals surface area contributed by atoms with E-state index in [4.69, 9.17) is 4.74 Å². The molecule has 1 aliphatic rings. The minimum Gasteiger partial charge on any atom is -0.465 e. The third-order valence-electron chi connectivity index (χ3n) is 5.02. The van der Waals surface area contributed by atoms with E-state index in [1.807, 2.05) is 50.2 Å². The van der Waals surface area contributed by atoms with Crippen molar-refractivity contribution in [2.45, 2.75) is 32.1 Å². The summed E-state index contributed by atoms with van der Waals surface area (Å²) >= 11 is 1.34. The molecule has 1 saturated carbocycles. The number of thiazole rings is 1. The lowest BCUT2D eigenvalue weighted by Crippen LogP contribution is -2.23. The van der Waals surface area contributed by atoms with Gasteiger partial charge in [0.25, 0.3) is 5.91 Å². The molecule has 0 unspecified atom stereocenters. The molecule has 6 nitrogen and oxygen atoms in total. The van der Waals surface area contributed by atoms with Gasteiger partial charge in [-0.2, -0.15) is 0 Å². The van der Waals surface area contributed by atoms with E-state index >= 15 is 0 Å². The topological polar surface area (TPSA) is 81.2 Å². The monoisotopic (exact) mass is 407 g/mol. The molecule has 0 spiro atoms. The summed E-state index contributed by atoms with van der Waals surface area (Å²) in [4.78, 5) is 34.1. The van der Waals surface area contributed by atoms with Gasteiger partial charge in [0.1, 0.15) is 9.88 Å². The third-order valence-corrected chi connectivity index (χ3v) is 6.23. The highest BCUT2D eigenvalue weighted by Crippen LogP contribution is 2.49. The predicted octanol–water partition coefficient (Wildman–Crippen LogP) is 4.36. The highest BCUT2D eigenvalue weighted by Gasteiger charge is 2.52. The number of pyridine rings is 1. The van der Waals surface area contributed by atoms with Crippen LogP contribution in [0.1, 0.15) is 40.7 Å². The van der Waals surface area contributed by atoms with Crippen LogP contribution in [0.2, 0.25) is 0 Å². The molecule has 2 aromatic heterocycles. The van der Waals surface area contributed by atoms with Crippen molar-refractivity contribution in [2.75, 3.05) is 11.9 Å². The van der Waals surface area contributed by atoms with Gasteiger partial charge >= 0.3 is 5.97 Å². The standard InChI is InChI=1S/C22H21N3O3S/c1-3-28-21(27)22(10-11-22)16-6-8-17(9-7-16)25-19(26)18-14(2)24-20(29-18)15-5-4-12-23-13-15/h4-9,12-13H,3,10-11H2,1-2H3,(H,25,26). The molecule has 1 aliphatic carbocycles. The van der Waals surface area contributed by atoms with Crippen molar-refractivity contribution in [3.63, 3.8) is 0 Å². The molecule has 148 valence electrons. The Labute approximate surface area is 173 Å². The largest absolute Gasteiger partial charge is 0.465 e. The number of nitrogens with zero attached hydrogens (tertiary/aromatic N) is 2. The summed E-state index contributed by atoms with van der Waals surface area (Å²) in [5, 5.41) is 3.68. The third kappa shape index (κ3) is 3.78. The first-order valence-electron chi connectivity index (χ1n) is 9.50. The van der Waals surface area contributed by atoms with Crippen LogP contribution in [0.5, 0.6) is 0 Å². The number of carbonyl (C=O) groups is 2. The lowest BCUT2D eigenvalue weighted by molar-refractivity contribution is -0.146. The first-order chi connectivity index (χ1) is 14.0. The van der Waals surface area contributed by atoms with E-state index < -0.39 is 5.41 Å². The number of hydrogen-bond donors (Lipinski definition) is 1. The maximum Gasteiger partial charge on any atom is 0.316 e. The van der Waals surface area contributed by atoms with Crippen molar-refractivity contribution >= 4 is 28.9 Å². The number of rotatable bonds is 6. The second-order valence-electron chi connectivity index (χ2n) is 7.01. The van der Waals surface area contributed by atoms with Gasteiger partial charge in [-0.25, -0.2) is 4.98 Å². The number of hydrogen-bond acceptors (Lipinski definition) is 6. The van der Waals surface area contributed by atoms with Crippen molar-refractivity contribution in [2.24, 2.45) is 0 Å². The van der Waals surface area contributed by atoms with Crippen LogP contribution >= 0.6 is 11.3 Å². The number of carbonyl (C=O) groups excluding carboxylic acids is 2. The van der Waals surface area contributed by atoms with E-state index in [1.54, 1.807) is 12.4 Å². The Morgan fingerprint density at radius 2 is 1.97 bits per heavy atom. The molecular weight excluding hydrogens is 386 g/mol. The Balaban J connectivity index is 1.48. The summed E-state index contributed by atoms with van der Waals surface area (Å²) in [7, 11) is 0. The van der Waals surface area contributed by atoms with Gasteiger partial charge in [0.05, 0.1) is 17.7 Å². The second-order valence-corrected chi connectivity index (χ2v) is 8.01. The number of ether oxygens (including phenoxy) is 1. The Morgan fingerprint density at radius 3 is 2.59 bits per heavy atom. The zero-order valence-electron chi connectivity index (χ0n) is 16.3. The number of aromatic nitrogens is 2. The summed E-state index contributed by atoms with van der Waals surface area (Å²) in [5.74, 6) is -0.366. The fraction of sp³-hybridized carbons (Fsp3) is 0.273. The molecule has 1 aromatic carbocycles. The quantitative estimate of drug-likeness (QED) is 0.614. The first-order valence-corrected chi connectivity index (χ1v) is 10.3. The molecule has 0 aliphatic heterocycles. The highest BCUT2D eigenvalue weighted by atomic mass is 32.1. The highest BCUT2D eigenvalue weighted by molar-refractivity contribution is 7.17. The maximum atomic E-state index is 12.7. The predicted molar refractivity (Wildman–Crippen MR) is 112 cm³/mol. The number of nitrogens with one attached hydrogen (secondary N) is 1. The molecule has 0 saturated heterocycles. The molecule has 0 bridgehead atoms. The van der Waals surface area contributed by atoms with E-state index in [0.717, 1.165) is 29.0 Å². The number of aryl methyl sites for hydroxylation is 1. The van der Waals surface area contributed by atoms with Crippen LogP contribution in [0.3, 0.4) is 0 Å². The summed E-state index contributed by atoms with van der Waals surface area (Å²) in [5.41, 5.74) is 2.67. The first kappa shape index (κ1) is 19.3. The minimum absolute atomic E-state index is 0.167. The zero-order chi connectivity index (χ0) is 20.4. The Hall–Kier alpha value is -3.06. The van der Waals surface area contributed by atoms with Gasteiger partial charge in [-0.3, -0.25) is 14.6 Å². The summed E-state index contributed by atoms with van der Waals surface area (Å²) < 4.78 is 5.21. The molecule has 4 rings (SSSR count). The fourth-order valence-electron chi connectivity index (χ4n) is 3.29. The van der Waals surface area contributed by atoms with Gasteiger partial charge in [0.15, 0.2) is 0 Å². The fourth-order valence-corrected chi connectivity index (χ4v) is 4.24. The number of amides is 1. The van der Waals surface area contributed by atoms with Crippen LogP contribution in [-0.2, 0) is 14.9 Å². The molecule has 0 atom stereocenters. The van der Waals surface area contributed by atoms with Crippen LogP contribution in [0, 0.1) is 6.92 Å². The van der Waals surface area contributed by atoms with Crippen molar-refractivity contribution in [1.29, 1.82) is 0 Å². The minimum atomic E-state index is -0.509. The van der Waals surface area contributed by atoms with Crippen LogP contribution in [-0.4, -0.2) is 28.5 Å². The van der Waals surface area contributed by atoms with Gasteiger partial charge in [-0.15, -0.1) is 11.3 Å². The van der Waals surface area contributed by atoms with Gasteiger partial charge in [-0.1, -0.05) is 12.1 Å². The Kier molecular flexibility index (Phi) is 5.15. The molecule has 1 amide bonds. The maximum absolute atomic E-state index is 12.7. The van der Waals surface area contributed by atoms with Crippen molar-refractivity contribution in [3.8, 4) is 10.6 Å². The SMILES string of the molecule is CCOC(=O)C1(c2ccc(NC(=O)c3sc(-c4cccnc4)nc3C)cc2)CC1. The van der Waals surface area contributed by atoms with E-state index in [-0.39, 0.29) is 11.9 Å². The van der Waals surface area contributed by atoms with Crippen molar-refractivity contribution in [1.82, 2.24) is 9.97 Å². The molecule has 2 heterocycles. The van der Waals surface area contributed by atoms with Crippen LogP contribution < -0.4 is 5.32 Å². The summed E-state index contributed by atoms with van der Waals surface area (Å²) in [6.07, 6.45) is 5.04. The second kappa shape index (κ2) is 7.75. The molecule has 3 aromatic rings. The van der Waals surface area contributed by atoms with E-state index in [2.05, 4.69) is 15.3 Å². The lowest BCUT2D eigenvalue weighted by atomic mass is 9.96. The normalized spacial score (nSPS) is 14.3. The summed E-state index contributed by atoms with van der Waals surface area (Å²) in [6, 6.07) is 11.2. The summed E-state index contributed by atoms with van der Waals surface area (Å²) in [6.45, 7) is 4.02. The lowest BCUT2D eigenvalue weighted by Gasteiger charge is -2.14. The average Bonchev–Trinajstić information content (AvgIpc) is 3.45. The van der Waals surface area contributed by atoms with Gasteiger partial charge in [-0.05, 0) is 56.5 Å². The Morgan fingerprint density at radius 1 is 1.21 bits per heavy atom.